The van der Waals surface area contributed by atoms with Gasteiger partial charge < -0.3 is 30.0 Å². The van der Waals surface area contributed by atoms with Crippen LogP contribution in [0.15, 0.2) is 48.5 Å². The summed E-state index contributed by atoms with van der Waals surface area (Å²) in [4.78, 5) is 21.6. The Balaban J connectivity index is 0.000000562. The molecule has 6 nitrogen and oxygen atoms in total. The molecule has 0 saturated carbocycles. The van der Waals surface area contributed by atoms with Crippen molar-refractivity contribution in [3.8, 4) is 0 Å². The summed E-state index contributed by atoms with van der Waals surface area (Å²) in [6, 6.07) is 12.9. The number of aliphatic hydroxyl groups is 2. The van der Waals surface area contributed by atoms with Gasteiger partial charge >= 0.3 is 37.7 Å². The normalized spacial score (nSPS) is 12.0. The van der Waals surface area contributed by atoms with Crippen LogP contribution in [0.25, 0.3) is 0 Å². The maximum absolute atomic E-state index is 10.8. The van der Waals surface area contributed by atoms with Crippen molar-refractivity contribution in [1.82, 2.24) is 0 Å². The van der Waals surface area contributed by atoms with Crippen LogP contribution in [0.3, 0.4) is 0 Å². The molecule has 31 heavy (non-hydrogen) atoms. The van der Waals surface area contributed by atoms with Crippen LogP contribution >= 0.6 is 0 Å². The van der Waals surface area contributed by atoms with E-state index in [4.69, 9.17) is 0 Å². The van der Waals surface area contributed by atoms with E-state index in [1.165, 1.54) is 12.1 Å². The zero-order valence-electron chi connectivity index (χ0n) is 18.3. The smallest absolute Gasteiger partial charge is 0.545 e. The van der Waals surface area contributed by atoms with Gasteiger partial charge in [0.05, 0.1) is 24.1 Å². The van der Waals surface area contributed by atoms with E-state index in [0.29, 0.717) is 24.0 Å². The predicted molar refractivity (Wildman–Crippen MR) is 116 cm³/mol. The molecule has 0 aliphatic carbocycles. The number of hydrogen-bond donors (Lipinski definition) is 2. The van der Waals surface area contributed by atoms with Crippen molar-refractivity contribution < 1.29 is 30.0 Å². The Bertz CT molecular complexity index is 741. The van der Waals surface area contributed by atoms with E-state index in [1.807, 2.05) is 13.8 Å². The molecule has 0 saturated heterocycles. The SMILES string of the molecule is CCCC[C@H](O)c1ccccc1C(=O)[O-].CCCC[C@H](O)c1ccccc1C(=O)[O-].[Ca+2]. The first-order chi connectivity index (χ1) is 14.3. The number of unbranched alkanes of at least 4 members (excludes halogenated alkanes) is 2. The Morgan fingerprint density at radius 1 is 0.742 bits per heavy atom. The van der Waals surface area contributed by atoms with Crippen molar-refractivity contribution in [1.29, 1.82) is 0 Å². The van der Waals surface area contributed by atoms with Gasteiger partial charge in [0.25, 0.3) is 0 Å². The Morgan fingerprint density at radius 2 is 1.06 bits per heavy atom. The summed E-state index contributed by atoms with van der Waals surface area (Å²) in [5, 5.41) is 41.1. The van der Waals surface area contributed by atoms with Crippen molar-refractivity contribution >= 4 is 49.7 Å². The number of carbonyl (C=O) groups is 2. The number of benzene rings is 2. The summed E-state index contributed by atoms with van der Waals surface area (Å²) >= 11 is 0. The molecule has 0 spiro atoms. The second-order valence-electron chi connectivity index (χ2n) is 7.07. The maximum atomic E-state index is 10.8. The number of aromatic carboxylic acids is 2. The number of carbonyl (C=O) groups excluding carboxylic acids is 2. The minimum atomic E-state index is -1.24. The van der Waals surface area contributed by atoms with Crippen molar-refractivity contribution in [2.75, 3.05) is 0 Å². The van der Waals surface area contributed by atoms with E-state index in [9.17, 15) is 30.0 Å². The summed E-state index contributed by atoms with van der Waals surface area (Å²) in [7, 11) is 0. The minimum Gasteiger partial charge on any atom is -0.545 e. The molecule has 7 heteroatoms. The summed E-state index contributed by atoms with van der Waals surface area (Å²) in [5.74, 6) is -2.47. The molecule has 2 aromatic rings. The Hall–Kier alpha value is -1.44. The van der Waals surface area contributed by atoms with E-state index >= 15 is 0 Å². The van der Waals surface area contributed by atoms with E-state index in [0.717, 1.165) is 25.7 Å². The minimum absolute atomic E-state index is 0. The van der Waals surface area contributed by atoms with Gasteiger partial charge in [0, 0.05) is 11.1 Å². The van der Waals surface area contributed by atoms with Gasteiger partial charge in [0.1, 0.15) is 0 Å². The Labute approximate surface area is 213 Å². The molecule has 2 atom stereocenters. The molecular formula is C24H30CaO6. The van der Waals surface area contributed by atoms with E-state index in [-0.39, 0.29) is 48.9 Å². The largest absolute Gasteiger partial charge is 2.00 e. The number of aliphatic hydroxyl groups excluding tert-OH is 2. The molecule has 0 fully saturated rings. The molecule has 2 N–H and O–H groups in total. The maximum Gasteiger partial charge on any atom is 2.00 e. The van der Waals surface area contributed by atoms with Crippen LogP contribution in [-0.2, 0) is 0 Å². The average molecular weight is 455 g/mol. The first-order valence-electron chi connectivity index (χ1n) is 10.3. The quantitative estimate of drug-likeness (QED) is 0.531. The van der Waals surface area contributed by atoms with Gasteiger partial charge in [-0.2, -0.15) is 0 Å². The van der Waals surface area contributed by atoms with Gasteiger partial charge in [-0.3, -0.25) is 0 Å². The molecule has 0 aliphatic rings. The molecule has 0 aromatic heterocycles. The Kier molecular flexibility index (Phi) is 15.5. The van der Waals surface area contributed by atoms with Crippen molar-refractivity contribution in [2.24, 2.45) is 0 Å². The van der Waals surface area contributed by atoms with Gasteiger partial charge in [-0.15, -0.1) is 0 Å². The molecule has 2 rings (SSSR count). The molecule has 2 aromatic carbocycles. The van der Waals surface area contributed by atoms with Crippen LogP contribution in [0, 0.1) is 0 Å². The molecule has 0 heterocycles. The summed E-state index contributed by atoms with van der Waals surface area (Å²) in [6.45, 7) is 4.05. The molecule has 0 unspecified atom stereocenters. The average Bonchev–Trinajstić information content (AvgIpc) is 2.76. The van der Waals surface area contributed by atoms with Gasteiger partial charge in [-0.25, -0.2) is 0 Å². The molecular weight excluding hydrogens is 424 g/mol. The Morgan fingerprint density at radius 3 is 1.35 bits per heavy atom. The van der Waals surface area contributed by atoms with E-state index < -0.39 is 24.1 Å². The summed E-state index contributed by atoms with van der Waals surface area (Å²) in [5.41, 5.74) is 1.07. The third-order valence-corrected chi connectivity index (χ3v) is 4.74. The third kappa shape index (κ3) is 10.1. The predicted octanol–water partition coefficient (Wildman–Crippen LogP) is 2.17. The van der Waals surface area contributed by atoms with Crippen LogP contribution < -0.4 is 10.2 Å². The first kappa shape index (κ1) is 29.6. The van der Waals surface area contributed by atoms with E-state index in [2.05, 4.69) is 0 Å². The third-order valence-electron chi connectivity index (χ3n) is 4.74. The topological polar surface area (TPSA) is 121 Å². The zero-order chi connectivity index (χ0) is 22.5. The van der Waals surface area contributed by atoms with Crippen molar-refractivity contribution in [2.45, 2.75) is 64.6 Å². The summed E-state index contributed by atoms with van der Waals surface area (Å²) < 4.78 is 0. The number of hydrogen-bond acceptors (Lipinski definition) is 6. The van der Waals surface area contributed by atoms with Crippen molar-refractivity contribution in [3.05, 3.63) is 70.8 Å². The fraction of sp³-hybridized carbons (Fsp3) is 0.417. The second kappa shape index (κ2) is 16.2. The summed E-state index contributed by atoms with van der Waals surface area (Å²) in [6.07, 6.45) is 3.46. The van der Waals surface area contributed by atoms with Gasteiger partial charge in [-0.05, 0) is 24.0 Å². The van der Waals surface area contributed by atoms with Crippen LogP contribution in [-0.4, -0.2) is 59.9 Å². The van der Waals surface area contributed by atoms with Crippen molar-refractivity contribution in [3.63, 3.8) is 0 Å². The second-order valence-corrected chi connectivity index (χ2v) is 7.07. The molecule has 164 valence electrons. The fourth-order valence-corrected chi connectivity index (χ4v) is 3.05. The van der Waals surface area contributed by atoms with Gasteiger partial charge in [0.15, 0.2) is 0 Å². The standard InChI is InChI=1S/2C12H16O3.Ca/c2*1-2-3-8-11(13)9-6-4-5-7-10(9)12(14)15;/h2*4-7,11,13H,2-3,8H2,1H3,(H,14,15);/q;;+2/p-2/t2*11-;/m00./s1. The van der Waals surface area contributed by atoms with E-state index in [1.54, 1.807) is 36.4 Å². The number of rotatable bonds is 10. The number of carboxylic acids is 2. The van der Waals surface area contributed by atoms with Crippen LogP contribution in [0.1, 0.15) is 96.4 Å². The first-order valence-corrected chi connectivity index (χ1v) is 10.3. The van der Waals surface area contributed by atoms with Crippen LogP contribution in [0.2, 0.25) is 0 Å². The zero-order valence-corrected chi connectivity index (χ0v) is 20.5. The van der Waals surface area contributed by atoms with Crippen LogP contribution in [0.5, 0.6) is 0 Å². The molecule has 0 bridgehead atoms. The number of carboxylic acid groups (broad SMARTS) is 2. The van der Waals surface area contributed by atoms with Gasteiger partial charge in [-0.1, -0.05) is 88.1 Å². The molecule has 0 amide bonds. The monoisotopic (exact) mass is 454 g/mol. The fourth-order valence-electron chi connectivity index (χ4n) is 3.05. The molecule has 0 radical (unpaired) electrons. The van der Waals surface area contributed by atoms with Crippen LogP contribution in [0.4, 0.5) is 0 Å². The molecule has 0 aliphatic heterocycles. The van der Waals surface area contributed by atoms with Gasteiger partial charge in [0.2, 0.25) is 0 Å².